The first-order valence-corrected chi connectivity index (χ1v) is 9.29. The average Bonchev–Trinajstić information content (AvgIpc) is 3.23. The molecule has 2 saturated heterocycles. The van der Waals surface area contributed by atoms with E-state index in [4.69, 9.17) is 4.74 Å². The molecule has 2 aliphatic rings. The number of benzene rings is 1. The number of ether oxygens (including phenoxy) is 1. The Kier molecular flexibility index (Phi) is 4.17. The molecule has 1 spiro atoms. The van der Waals surface area contributed by atoms with Crippen LogP contribution in [0.25, 0.3) is 10.6 Å². The molecule has 0 saturated carbocycles. The van der Waals surface area contributed by atoms with Gasteiger partial charge in [0.25, 0.3) is 5.91 Å². The van der Waals surface area contributed by atoms with Gasteiger partial charge >= 0.3 is 6.09 Å². The van der Waals surface area contributed by atoms with Gasteiger partial charge in [0.15, 0.2) is 0 Å². The van der Waals surface area contributed by atoms with Crippen LogP contribution in [0.3, 0.4) is 0 Å². The molecular formula is C18H19N3O3S. The highest BCUT2D eigenvalue weighted by atomic mass is 32.1. The van der Waals surface area contributed by atoms with Gasteiger partial charge in [-0.05, 0) is 25.0 Å². The molecule has 2 aliphatic heterocycles. The maximum absolute atomic E-state index is 12.9. The van der Waals surface area contributed by atoms with Crippen molar-refractivity contribution in [2.24, 2.45) is 0 Å². The Labute approximate surface area is 149 Å². The monoisotopic (exact) mass is 357 g/mol. The van der Waals surface area contributed by atoms with E-state index in [1.165, 1.54) is 0 Å². The third kappa shape index (κ3) is 3.24. The first-order chi connectivity index (χ1) is 12.2. The number of amides is 2. The summed E-state index contributed by atoms with van der Waals surface area (Å²) >= 11 is 1.56. The van der Waals surface area contributed by atoms with E-state index in [0.717, 1.165) is 23.4 Å². The van der Waals surface area contributed by atoms with Crippen LogP contribution in [0.5, 0.6) is 0 Å². The van der Waals surface area contributed by atoms with Crippen LogP contribution in [-0.4, -0.2) is 47.1 Å². The minimum absolute atomic E-state index is 0.0211. The summed E-state index contributed by atoms with van der Waals surface area (Å²) in [5, 5.41) is 5.57. The summed E-state index contributed by atoms with van der Waals surface area (Å²) in [4.78, 5) is 30.5. The Hall–Kier alpha value is -2.41. The second-order valence-electron chi connectivity index (χ2n) is 6.49. The molecule has 2 amide bonds. The number of alkyl carbamates (subject to hydrolysis) is 1. The standard InChI is InChI=1S/C18H19N3O3S/c22-16(14-4-1-3-13(11-14)15-19-7-10-25-15)21-8-2-5-18(6-9-21)12-20-17(23)24-18/h1,3-4,7,10-11H,2,5-6,8-9,12H2,(H,20,23). The van der Waals surface area contributed by atoms with Crippen molar-refractivity contribution in [1.82, 2.24) is 15.2 Å². The largest absolute Gasteiger partial charge is 0.441 e. The second-order valence-corrected chi connectivity index (χ2v) is 7.38. The molecule has 1 N–H and O–H groups in total. The zero-order valence-corrected chi connectivity index (χ0v) is 14.6. The number of rotatable bonds is 2. The molecule has 3 heterocycles. The second kappa shape index (κ2) is 6.48. The Bertz CT molecular complexity index is 793. The summed E-state index contributed by atoms with van der Waals surface area (Å²) in [5.41, 5.74) is 1.18. The predicted octanol–water partition coefficient (Wildman–Crippen LogP) is 2.91. The average molecular weight is 357 g/mol. The number of hydrogen-bond acceptors (Lipinski definition) is 5. The Morgan fingerprint density at radius 3 is 3.00 bits per heavy atom. The van der Waals surface area contributed by atoms with Gasteiger partial charge < -0.3 is 15.0 Å². The molecule has 1 unspecified atom stereocenters. The topological polar surface area (TPSA) is 71.5 Å². The fourth-order valence-electron chi connectivity index (χ4n) is 3.49. The molecule has 130 valence electrons. The molecule has 25 heavy (non-hydrogen) atoms. The van der Waals surface area contributed by atoms with E-state index in [-0.39, 0.29) is 12.0 Å². The highest BCUT2D eigenvalue weighted by molar-refractivity contribution is 7.13. The number of thiazole rings is 1. The van der Waals surface area contributed by atoms with E-state index < -0.39 is 5.60 Å². The summed E-state index contributed by atoms with van der Waals surface area (Å²) in [6, 6.07) is 7.61. The summed E-state index contributed by atoms with van der Waals surface area (Å²) in [7, 11) is 0. The van der Waals surface area contributed by atoms with Crippen molar-refractivity contribution >= 4 is 23.3 Å². The smallest absolute Gasteiger partial charge is 0.407 e. The van der Waals surface area contributed by atoms with Crippen LogP contribution >= 0.6 is 11.3 Å². The van der Waals surface area contributed by atoms with Crippen LogP contribution in [0.4, 0.5) is 4.79 Å². The molecule has 2 fully saturated rings. The summed E-state index contributed by atoms with van der Waals surface area (Å²) in [6.45, 7) is 1.81. The SMILES string of the molecule is O=C1NCC2(CCCN(C(=O)c3cccc(-c4nccs4)c3)CC2)O1. The van der Waals surface area contributed by atoms with Gasteiger partial charge in [0.2, 0.25) is 0 Å². The van der Waals surface area contributed by atoms with Crippen LogP contribution in [0, 0.1) is 0 Å². The van der Waals surface area contributed by atoms with Crippen LogP contribution in [0.15, 0.2) is 35.8 Å². The Balaban J connectivity index is 1.50. The predicted molar refractivity (Wildman–Crippen MR) is 94.5 cm³/mol. The van der Waals surface area contributed by atoms with Gasteiger partial charge in [-0.15, -0.1) is 11.3 Å². The minimum Gasteiger partial charge on any atom is -0.441 e. The van der Waals surface area contributed by atoms with Crippen LogP contribution < -0.4 is 5.32 Å². The van der Waals surface area contributed by atoms with Gasteiger partial charge in [-0.1, -0.05) is 12.1 Å². The lowest BCUT2D eigenvalue weighted by Crippen LogP contribution is -2.36. The van der Waals surface area contributed by atoms with Crippen molar-refractivity contribution in [1.29, 1.82) is 0 Å². The molecule has 0 bridgehead atoms. The summed E-state index contributed by atoms with van der Waals surface area (Å²) in [5.74, 6) is 0.0211. The van der Waals surface area contributed by atoms with E-state index in [0.29, 0.717) is 31.6 Å². The van der Waals surface area contributed by atoms with Crippen molar-refractivity contribution in [3.63, 3.8) is 0 Å². The lowest BCUT2D eigenvalue weighted by atomic mass is 9.95. The highest BCUT2D eigenvalue weighted by Gasteiger charge is 2.41. The summed E-state index contributed by atoms with van der Waals surface area (Å²) < 4.78 is 5.48. The third-order valence-electron chi connectivity index (χ3n) is 4.84. The van der Waals surface area contributed by atoms with Gasteiger partial charge in [-0.25, -0.2) is 9.78 Å². The van der Waals surface area contributed by atoms with Crippen molar-refractivity contribution in [3.8, 4) is 10.6 Å². The van der Waals surface area contributed by atoms with Crippen LogP contribution in [0.1, 0.15) is 29.6 Å². The van der Waals surface area contributed by atoms with E-state index in [1.807, 2.05) is 34.5 Å². The lowest BCUT2D eigenvalue weighted by molar-refractivity contribution is 0.0438. The quantitative estimate of drug-likeness (QED) is 0.897. The number of nitrogens with zero attached hydrogens (tertiary/aromatic N) is 2. The Morgan fingerprint density at radius 2 is 2.24 bits per heavy atom. The van der Waals surface area contributed by atoms with E-state index in [1.54, 1.807) is 17.5 Å². The van der Waals surface area contributed by atoms with E-state index >= 15 is 0 Å². The maximum Gasteiger partial charge on any atom is 0.407 e. The normalized spacial score (nSPS) is 23.2. The number of carbonyl (C=O) groups is 2. The molecule has 2 aromatic rings. The van der Waals surface area contributed by atoms with Crippen LogP contribution in [-0.2, 0) is 4.74 Å². The first-order valence-electron chi connectivity index (χ1n) is 8.41. The first kappa shape index (κ1) is 16.1. The Morgan fingerprint density at radius 1 is 1.32 bits per heavy atom. The molecule has 0 radical (unpaired) electrons. The molecule has 1 atom stereocenters. The third-order valence-corrected chi connectivity index (χ3v) is 5.66. The zero-order valence-electron chi connectivity index (χ0n) is 13.7. The molecule has 6 nitrogen and oxygen atoms in total. The van der Waals surface area contributed by atoms with Crippen molar-refractivity contribution in [2.75, 3.05) is 19.6 Å². The summed E-state index contributed by atoms with van der Waals surface area (Å²) in [6.07, 6.45) is 3.70. The molecule has 0 aliphatic carbocycles. The minimum atomic E-state index is -0.450. The van der Waals surface area contributed by atoms with Gasteiger partial charge in [-0.3, -0.25) is 4.79 Å². The van der Waals surface area contributed by atoms with Crippen molar-refractivity contribution in [3.05, 3.63) is 41.4 Å². The van der Waals surface area contributed by atoms with E-state index in [2.05, 4.69) is 10.3 Å². The van der Waals surface area contributed by atoms with E-state index in [9.17, 15) is 9.59 Å². The number of hydrogen-bond donors (Lipinski definition) is 1. The van der Waals surface area contributed by atoms with Gasteiger partial charge in [0.1, 0.15) is 10.6 Å². The van der Waals surface area contributed by atoms with Gasteiger partial charge in [0.05, 0.1) is 6.54 Å². The molecule has 7 heteroatoms. The van der Waals surface area contributed by atoms with Gasteiger partial charge in [0, 0.05) is 42.2 Å². The number of likely N-dealkylation sites (tertiary alicyclic amines) is 1. The number of carbonyl (C=O) groups excluding carboxylic acids is 2. The van der Waals surface area contributed by atoms with Crippen molar-refractivity contribution < 1.29 is 14.3 Å². The van der Waals surface area contributed by atoms with Crippen molar-refractivity contribution in [2.45, 2.75) is 24.9 Å². The fraction of sp³-hybridized carbons (Fsp3) is 0.389. The van der Waals surface area contributed by atoms with Crippen LogP contribution in [0.2, 0.25) is 0 Å². The molecule has 4 rings (SSSR count). The molecular weight excluding hydrogens is 338 g/mol. The number of nitrogens with one attached hydrogen (secondary N) is 1. The van der Waals surface area contributed by atoms with Gasteiger partial charge in [-0.2, -0.15) is 0 Å². The maximum atomic E-state index is 12.9. The fourth-order valence-corrected chi connectivity index (χ4v) is 4.12. The molecule has 1 aromatic heterocycles. The zero-order chi connectivity index (χ0) is 17.3. The lowest BCUT2D eigenvalue weighted by Gasteiger charge is -2.25. The number of aromatic nitrogens is 1. The highest BCUT2D eigenvalue weighted by Crippen LogP contribution is 2.30. The molecule has 1 aromatic carbocycles.